The Morgan fingerprint density at radius 3 is 2.28 bits per heavy atom. The van der Waals surface area contributed by atoms with E-state index in [2.05, 4.69) is 24.1 Å². The highest BCUT2D eigenvalue weighted by molar-refractivity contribution is 4.91. The van der Waals surface area contributed by atoms with Crippen molar-refractivity contribution in [2.24, 2.45) is 11.8 Å². The van der Waals surface area contributed by atoms with Crippen LogP contribution in [-0.2, 0) is 0 Å². The van der Waals surface area contributed by atoms with Crippen LogP contribution in [0, 0.1) is 11.8 Å². The Morgan fingerprint density at radius 2 is 1.56 bits per heavy atom. The minimum atomic E-state index is 0.711. The maximum Gasteiger partial charge on any atom is 0.0125 e. The Balaban J connectivity index is 1.59. The van der Waals surface area contributed by atoms with Crippen LogP contribution in [0.1, 0.15) is 58.8 Å². The van der Waals surface area contributed by atoms with E-state index in [-0.39, 0.29) is 0 Å². The normalized spacial score (nSPS) is 46.7. The molecule has 4 unspecified atom stereocenters. The van der Waals surface area contributed by atoms with Crippen LogP contribution < -0.4 is 5.32 Å². The number of hydrogen-bond acceptors (Lipinski definition) is 2. The summed E-state index contributed by atoms with van der Waals surface area (Å²) in [6.45, 7) is 7.51. The summed E-state index contributed by atoms with van der Waals surface area (Å²) in [5, 5.41) is 3.68. The zero-order valence-corrected chi connectivity index (χ0v) is 12.2. The largest absolute Gasteiger partial charge is 0.312 e. The molecular weight excluding hydrogens is 220 g/mol. The first-order chi connectivity index (χ1) is 8.72. The van der Waals surface area contributed by atoms with E-state index in [9.17, 15) is 0 Å². The lowest BCUT2D eigenvalue weighted by Gasteiger charge is -2.47. The van der Waals surface area contributed by atoms with Crippen molar-refractivity contribution < 1.29 is 0 Å². The van der Waals surface area contributed by atoms with Crippen molar-refractivity contribution in [2.75, 3.05) is 13.1 Å². The van der Waals surface area contributed by atoms with Gasteiger partial charge in [0.25, 0.3) is 0 Å². The summed E-state index contributed by atoms with van der Waals surface area (Å²) in [7, 11) is 0. The minimum absolute atomic E-state index is 0.711. The summed E-state index contributed by atoms with van der Waals surface area (Å²) in [5.74, 6) is 2.11. The topological polar surface area (TPSA) is 15.3 Å². The van der Waals surface area contributed by atoms with E-state index in [1.54, 1.807) is 0 Å². The Kier molecular flexibility index (Phi) is 3.95. The molecule has 1 N–H and O–H groups in total. The molecule has 0 amide bonds. The van der Waals surface area contributed by atoms with E-state index in [1.165, 1.54) is 58.0 Å². The number of likely N-dealkylation sites (tertiary alicyclic amines) is 1. The standard InChI is InChI=1S/C16H30N2/c1-12-9-16(10-13(2)17-12)18-8-7-14-5-3-4-6-15(14)11-18/h12-17H,3-11H2,1-2H3. The van der Waals surface area contributed by atoms with Gasteiger partial charge < -0.3 is 5.32 Å². The molecule has 0 bridgehead atoms. The molecule has 0 aromatic rings. The maximum absolute atomic E-state index is 3.68. The van der Waals surface area contributed by atoms with Gasteiger partial charge in [-0.15, -0.1) is 0 Å². The summed E-state index contributed by atoms with van der Waals surface area (Å²) in [6, 6.07) is 2.28. The molecular formula is C16H30N2. The third-order valence-electron chi connectivity index (χ3n) is 5.66. The van der Waals surface area contributed by atoms with Crippen molar-refractivity contribution in [2.45, 2.75) is 76.9 Å². The van der Waals surface area contributed by atoms with Crippen LogP contribution in [0.4, 0.5) is 0 Å². The van der Waals surface area contributed by atoms with Gasteiger partial charge in [0.15, 0.2) is 0 Å². The Hall–Kier alpha value is -0.0800. The Morgan fingerprint density at radius 1 is 0.889 bits per heavy atom. The van der Waals surface area contributed by atoms with Gasteiger partial charge in [-0.3, -0.25) is 4.90 Å². The monoisotopic (exact) mass is 250 g/mol. The summed E-state index contributed by atoms with van der Waals surface area (Å²) < 4.78 is 0. The predicted octanol–water partition coefficient (Wildman–Crippen LogP) is 3.03. The molecule has 3 aliphatic rings. The van der Waals surface area contributed by atoms with Crippen molar-refractivity contribution in [3.05, 3.63) is 0 Å². The summed E-state index contributed by atoms with van der Waals surface area (Å²) in [4.78, 5) is 2.85. The third kappa shape index (κ3) is 2.75. The van der Waals surface area contributed by atoms with Crippen molar-refractivity contribution in [1.29, 1.82) is 0 Å². The lowest BCUT2D eigenvalue weighted by Crippen LogP contribution is -2.54. The molecule has 2 heterocycles. The molecule has 3 fully saturated rings. The average Bonchev–Trinajstić information content (AvgIpc) is 2.37. The number of rotatable bonds is 1. The number of nitrogens with zero attached hydrogens (tertiary/aromatic N) is 1. The molecule has 2 saturated heterocycles. The number of piperidine rings is 2. The van der Waals surface area contributed by atoms with Gasteiger partial charge in [0.1, 0.15) is 0 Å². The predicted molar refractivity (Wildman–Crippen MR) is 76.7 cm³/mol. The fourth-order valence-corrected chi connectivity index (χ4v) is 4.79. The van der Waals surface area contributed by atoms with Crippen LogP contribution in [0.2, 0.25) is 0 Å². The zero-order valence-electron chi connectivity index (χ0n) is 12.2. The lowest BCUT2D eigenvalue weighted by molar-refractivity contribution is 0.0357. The Labute approximate surface area is 113 Å². The Bertz CT molecular complexity index is 268. The van der Waals surface area contributed by atoms with E-state index in [0.717, 1.165) is 17.9 Å². The molecule has 3 rings (SSSR count). The van der Waals surface area contributed by atoms with Gasteiger partial charge in [0.2, 0.25) is 0 Å². The molecule has 1 aliphatic carbocycles. The molecule has 2 heteroatoms. The van der Waals surface area contributed by atoms with Crippen molar-refractivity contribution in [1.82, 2.24) is 10.2 Å². The van der Waals surface area contributed by atoms with E-state index < -0.39 is 0 Å². The first kappa shape index (κ1) is 12.9. The maximum atomic E-state index is 3.68. The van der Waals surface area contributed by atoms with E-state index in [1.807, 2.05) is 0 Å². The highest BCUT2D eigenvalue weighted by atomic mass is 15.2. The molecule has 18 heavy (non-hydrogen) atoms. The van der Waals surface area contributed by atoms with Gasteiger partial charge in [-0.1, -0.05) is 19.3 Å². The van der Waals surface area contributed by atoms with Crippen LogP contribution in [0.15, 0.2) is 0 Å². The number of fused-ring (bicyclic) bond motifs is 1. The molecule has 0 aromatic heterocycles. The molecule has 4 atom stereocenters. The smallest absolute Gasteiger partial charge is 0.0125 e. The summed E-state index contributed by atoms with van der Waals surface area (Å²) >= 11 is 0. The molecule has 0 spiro atoms. The molecule has 1 saturated carbocycles. The van der Waals surface area contributed by atoms with Crippen LogP contribution in [0.3, 0.4) is 0 Å². The zero-order chi connectivity index (χ0) is 12.5. The summed E-state index contributed by atoms with van der Waals surface area (Å²) in [5.41, 5.74) is 0. The highest BCUT2D eigenvalue weighted by Gasteiger charge is 2.35. The van der Waals surface area contributed by atoms with E-state index in [0.29, 0.717) is 12.1 Å². The first-order valence-electron chi connectivity index (χ1n) is 8.22. The SMILES string of the molecule is CC1CC(N2CCC3CCCCC3C2)CC(C)N1. The molecule has 2 aliphatic heterocycles. The van der Waals surface area contributed by atoms with Gasteiger partial charge in [0, 0.05) is 24.7 Å². The van der Waals surface area contributed by atoms with Gasteiger partial charge in [-0.2, -0.15) is 0 Å². The van der Waals surface area contributed by atoms with Crippen molar-refractivity contribution >= 4 is 0 Å². The number of nitrogens with one attached hydrogen (secondary N) is 1. The molecule has 0 aromatic carbocycles. The van der Waals surface area contributed by atoms with Crippen molar-refractivity contribution in [3.8, 4) is 0 Å². The van der Waals surface area contributed by atoms with Crippen LogP contribution in [-0.4, -0.2) is 36.1 Å². The van der Waals surface area contributed by atoms with E-state index >= 15 is 0 Å². The second-order valence-electron chi connectivity index (χ2n) is 7.18. The highest BCUT2D eigenvalue weighted by Crippen LogP contribution is 2.37. The summed E-state index contributed by atoms with van der Waals surface area (Å²) in [6.07, 6.45) is 10.2. The first-order valence-corrected chi connectivity index (χ1v) is 8.22. The van der Waals surface area contributed by atoms with Gasteiger partial charge >= 0.3 is 0 Å². The fraction of sp³-hybridized carbons (Fsp3) is 1.00. The third-order valence-corrected chi connectivity index (χ3v) is 5.66. The molecule has 2 nitrogen and oxygen atoms in total. The second kappa shape index (κ2) is 5.50. The van der Waals surface area contributed by atoms with Crippen LogP contribution in [0.5, 0.6) is 0 Å². The quantitative estimate of drug-likeness (QED) is 0.769. The molecule has 104 valence electrons. The van der Waals surface area contributed by atoms with Crippen LogP contribution in [0.25, 0.3) is 0 Å². The average molecular weight is 250 g/mol. The second-order valence-corrected chi connectivity index (χ2v) is 7.18. The minimum Gasteiger partial charge on any atom is -0.312 e. The van der Waals surface area contributed by atoms with Crippen LogP contribution >= 0.6 is 0 Å². The van der Waals surface area contributed by atoms with Gasteiger partial charge in [-0.25, -0.2) is 0 Å². The lowest BCUT2D eigenvalue weighted by atomic mass is 9.74. The van der Waals surface area contributed by atoms with Gasteiger partial charge in [-0.05, 0) is 57.9 Å². The molecule has 0 radical (unpaired) electrons. The van der Waals surface area contributed by atoms with Gasteiger partial charge in [0.05, 0.1) is 0 Å². The van der Waals surface area contributed by atoms with E-state index in [4.69, 9.17) is 0 Å². The van der Waals surface area contributed by atoms with Crippen molar-refractivity contribution in [3.63, 3.8) is 0 Å². The fourth-order valence-electron chi connectivity index (χ4n) is 4.79. The number of hydrogen-bond donors (Lipinski definition) is 1.